The van der Waals surface area contributed by atoms with E-state index in [1.165, 1.54) is 6.07 Å². The van der Waals surface area contributed by atoms with Crippen LogP contribution in [0, 0.1) is 0 Å². The number of ether oxygens (including phenoxy) is 1. The van der Waals surface area contributed by atoms with Crippen LogP contribution < -0.4 is 10.5 Å². The number of alkyl halides is 2. The van der Waals surface area contributed by atoms with Gasteiger partial charge in [0, 0.05) is 6.54 Å². The first-order chi connectivity index (χ1) is 6.13. The van der Waals surface area contributed by atoms with Gasteiger partial charge in [-0.2, -0.15) is 8.78 Å². The number of halogens is 4. The van der Waals surface area contributed by atoms with E-state index in [1.807, 2.05) is 0 Å². The molecule has 2 nitrogen and oxygen atoms in total. The molecule has 0 aliphatic rings. The minimum Gasteiger partial charge on any atom is -0.434 e. The van der Waals surface area contributed by atoms with Crippen molar-refractivity contribution >= 4 is 28.3 Å². The van der Waals surface area contributed by atoms with Crippen LogP contribution in [0.4, 0.5) is 8.78 Å². The lowest BCUT2D eigenvalue weighted by Crippen LogP contribution is -2.03. The summed E-state index contributed by atoms with van der Waals surface area (Å²) >= 11 is 3.10. The molecule has 1 rings (SSSR count). The zero-order valence-electron chi connectivity index (χ0n) is 7.04. The first-order valence-electron chi connectivity index (χ1n) is 3.57. The fourth-order valence-corrected chi connectivity index (χ4v) is 1.38. The van der Waals surface area contributed by atoms with Gasteiger partial charge in [-0.1, -0.05) is 6.07 Å². The molecule has 0 aliphatic heterocycles. The van der Waals surface area contributed by atoms with E-state index in [2.05, 4.69) is 20.7 Å². The summed E-state index contributed by atoms with van der Waals surface area (Å²) < 4.78 is 28.3. The lowest BCUT2D eigenvalue weighted by Gasteiger charge is -2.07. The number of hydrogen-bond acceptors (Lipinski definition) is 2. The van der Waals surface area contributed by atoms with E-state index in [0.717, 1.165) is 5.56 Å². The van der Waals surface area contributed by atoms with Gasteiger partial charge < -0.3 is 10.5 Å². The van der Waals surface area contributed by atoms with Gasteiger partial charge in [0.2, 0.25) is 0 Å². The van der Waals surface area contributed by atoms with Crippen molar-refractivity contribution in [3.8, 4) is 5.75 Å². The predicted octanol–water partition coefficient (Wildman–Crippen LogP) is 2.93. The molecule has 1 aromatic carbocycles. The van der Waals surface area contributed by atoms with E-state index in [-0.39, 0.29) is 18.2 Å². The highest BCUT2D eigenvalue weighted by Crippen LogP contribution is 2.27. The summed E-state index contributed by atoms with van der Waals surface area (Å²) in [4.78, 5) is 0. The van der Waals surface area contributed by atoms with Crippen LogP contribution >= 0.6 is 28.3 Å². The molecule has 14 heavy (non-hydrogen) atoms. The molecule has 1 aromatic rings. The summed E-state index contributed by atoms with van der Waals surface area (Å²) in [7, 11) is 0. The van der Waals surface area contributed by atoms with Crippen LogP contribution in [0.15, 0.2) is 22.7 Å². The average molecular weight is 289 g/mol. The fraction of sp³-hybridized carbons (Fsp3) is 0.250. The van der Waals surface area contributed by atoms with Crippen molar-refractivity contribution in [2.45, 2.75) is 13.2 Å². The molecule has 0 bridgehead atoms. The van der Waals surface area contributed by atoms with Crippen LogP contribution in [0.5, 0.6) is 5.75 Å². The normalized spacial score (nSPS) is 9.79. The zero-order valence-corrected chi connectivity index (χ0v) is 9.45. The van der Waals surface area contributed by atoms with E-state index >= 15 is 0 Å². The molecule has 0 spiro atoms. The molecule has 0 atom stereocenters. The van der Waals surface area contributed by atoms with Crippen LogP contribution in [0.25, 0.3) is 0 Å². The van der Waals surface area contributed by atoms with E-state index < -0.39 is 6.61 Å². The molecule has 0 aromatic heterocycles. The SMILES string of the molecule is Cl.NCc1ccc(OC(F)F)c(Br)c1. The Balaban J connectivity index is 0.00000169. The molecule has 6 heteroatoms. The highest BCUT2D eigenvalue weighted by molar-refractivity contribution is 9.10. The maximum Gasteiger partial charge on any atom is 0.387 e. The molecule has 0 radical (unpaired) electrons. The zero-order chi connectivity index (χ0) is 9.84. The molecular weight excluding hydrogens is 279 g/mol. The fourth-order valence-electron chi connectivity index (χ4n) is 0.863. The highest BCUT2D eigenvalue weighted by Gasteiger charge is 2.07. The van der Waals surface area contributed by atoms with Crippen LogP contribution in [0.1, 0.15) is 5.56 Å². The number of benzene rings is 1. The Morgan fingerprint density at radius 2 is 2.07 bits per heavy atom. The first-order valence-corrected chi connectivity index (χ1v) is 4.36. The van der Waals surface area contributed by atoms with Crippen molar-refractivity contribution in [3.63, 3.8) is 0 Å². The second kappa shape index (κ2) is 6.16. The molecule has 0 unspecified atom stereocenters. The van der Waals surface area contributed by atoms with Gasteiger partial charge >= 0.3 is 6.61 Å². The predicted molar refractivity (Wildman–Crippen MR) is 55.9 cm³/mol. The van der Waals surface area contributed by atoms with E-state index in [0.29, 0.717) is 11.0 Å². The highest BCUT2D eigenvalue weighted by atomic mass is 79.9. The van der Waals surface area contributed by atoms with E-state index in [4.69, 9.17) is 5.73 Å². The third-order valence-corrected chi connectivity index (χ3v) is 2.07. The molecule has 0 fully saturated rings. The smallest absolute Gasteiger partial charge is 0.387 e. The van der Waals surface area contributed by atoms with Gasteiger partial charge in [-0.25, -0.2) is 0 Å². The third kappa shape index (κ3) is 3.77. The lowest BCUT2D eigenvalue weighted by atomic mass is 10.2. The minimum atomic E-state index is -2.81. The van der Waals surface area contributed by atoms with Gasteiger partial charge in [-0.15, -0.1) is 12.4 Å². The Morgan fingerprint density at radius 1 is 1.43 bits per heavy atom. The third-order valence-electron chi connectivity index (χ3n) is 1.45. The number of rotatable bonds is 3. The molecular formula is C8H9BrClF2NO. The molecule has 0 heterocycles. The Kier molecular flexibility index (Phi) is 5.99. The van der Waals surface area contributed by atoms with Crippen molar-refractivity contribution in [1.29, 1.82) is 0 Å². The lowest BCUT2D eigenvalue weighted by molar-refractivity contribution is -0.0503. The standard InChI is InChI=1S/C8H8BrF2NO.ClH/c9-6-3-5(4-12)1-2-7(6)13-8(10)11;/h1-3,8H,4,12H2;1H. The number of nitrogens with two attached hydrogens (primary N) is 1. The first kappa shape index (κ1) is 13.6. The number of hydrogen-bond donors (Lipinski definition) is 1. The second-order valence-electron chi connectivity index (χ2n) is 2.35. The molecule has 0 saturated carbocycles. The Morgan fingerprint density at radius 3 is 2.50 bits per heavy atom. The van der Waals surface area contributed by atoms with Crippen molar-refractivity contribution in [2.24, 2.45) is 5.73 Å². The Bertz CT molecular complexity index is 299. The van der Waals surface area contributed by atoms with Crippen LogP contribution in [0.2, 0.25) is 0 Å². The average Bonchev–Trinajstić information content (AvgIpc) is 2.08. The van der Waals surface area contributed by atoms with Crippen LogP contribution in [-0.4, -0.2) is 6.61 Å². The molecule has 0 amide bonds. The Labute approximate surface area is 95.0 Å². The maximum absolute atomic E-state index is 11.8. The van der Waals surface area contributed by atoms with Crippen LogP contribution in [0.3, 0.4) is 0 Å². The van der Waals surface area contributed by atoms with Crippen molar-refractivity contribution in [2.75, 3.05) is 0 Å². The quantitative estimate of drug-likeness (QED) is 0.928. The second-order valence-corrected chi connectivity index (χ2v) is 3.20. The topological polar surface area (TPSA) is 35.2 Å². The van der Waals surface area contributed by atoms with E-state index in [9.17, 15) is 8.78 Å². The van der Waals surface area contributed by atoms with Gasteiger partial charge in [0.15, 0.2) is 0 Å². The largest absolute Gasteiger partial charge is 0.434 e. The van der Waals surface area contributed by atoms with Crippen molar-refractivity contribution in [1.82, 2.24) is 0 Å². The monoisotopic (exact) mass is 287 g/mol. The maximum atomic E-state index is 11.8. The van der Waals surface area contributed by atoms with Gasteiger partial charge in [-0.3, -0.25) is 0 Å². The van der Waals surface area contributed by atoms with Crippen molar-refractivity contribution < 1.29 is 13.5 Å². The molecule has 0 saturated heterocycles. The van der Waals surface area contributed by atoms with Crippen LogP contribution in [-0.2, 0) is 6.54 Å². The minimum absolute atomic E-state index is 0. The van der Waals surface area contributed by atoms with Gasteiger partial charge in [0.1, 0.15) is 5.75 Å². The summed E-state index contributed by atoms with van der Waals surface area (Å²) in [6, 6.07) is 4.75. The van der Waals surface area contributed by atoms with Gasteiger partial charge in [0.25, 0.3) is 0 Å². The van der Waals surface area contributed by atoms with Gasteiger partial charge in [0.05, 0.1) is 4.47 Å². The molecule has 2 N–H and O–H groups in total. The van der Waals surface area contributed by atoms with Gasteiger partial charge in [-0.05, 0) is 33.6 Å². The summed E-state index contributed by atoms with van der Waals surface area (Å²) in [6.45, 7) is -2.44. The molecule has 0 aliphatic carbocycles. The van der Waals surface area contributed by atoms with Crippen molar-refractivity contribution in [3.05, 3.63) is 28.2 Å². The van der Waals surface area contributed by atoms with E-state index in [1.54, 1.807) is 12.1 Å². The summed E-state index contributed by atoms with van der Waals surface area (Å²) in [5.41, 5.74) is 6.22. The summed E-state index contributed by atoms with van der Waals surface area (Å²) in [5.74, 6) is 0.118. The Hall–Kier alpha value is -0.390. The molecule has 80 valence electrons. The summed E-state index contributed by atoms with van der Waals surface area (Å²) in [5, 5.41) is 0. The summed E-state index contributed by atoms with van der Waals surface area (Å²) in [6.07, 6.45) is 0.